The van der Waals surface area contributed by atoms with Crippen molar-refractivity contribution >= 4 is 11.9 Å². The SMILES string of the molecule is C=CC(=O)NCCOCCOCCOCCNC(=O)N(CCCCCCCC)CCC[C@@H](C)[C@H]1CC[C@H]2C([C@@H](CC)OCCCN)[C@@H]([C@]3(C)CC[C@H](OCCCN)CC3)C[C@H](OCCCN)[C@]12C. The van der Waals surface area contributed by atoms with E-state index in [1.54, 1.807) is 0 Å². The Kier molecular flexibility index (Phi) is 31.3. The summed E-state index contributed by atoms with van der Waals surface area (Å²) in [6.07, 6.45) is 22.8. The molecule has 0 aromatic heterocycles. The van der Waals surface area contributed by atoms with Crippen LogP contribution in [0.1, 0.15) is 157 Å². The van der Waals surface area contributed by atoms with Crippen LogP contribution in [-0.4, -0.2) is 140 Å². The summed E-state index contributed by atoms with van der Waals surface area (Å²) in [7, 11) is 0. The van der Waals surface area contributed by atoms with E-state index in [4.69, 9.17) is 45.6 Å². The largest absolute Gasteiger partial charge is 0.378 e. The molecule has 3 fully saturated rings. The molecule has 8 atom stereocenters. The lowest BCUT2D eigenvalue weighted by atomic mass is 9.48. The Labute approximate surface area is 414 Å². The molecule has 0 aliphatic heterocycles. The Morgan fingerprint density at radius 1 is 0.706 bits per heavy atom. The normalized spacial score (nSPS) is 26.8. The van der Waals surface area contributed by atoms with Gasteiger partial charge in [-0.25, -0.2) is 4.79 Å². The summed E-state index contributed by atoms with van der Waals surface area (Å²) >= 11 is 0. The van der Waals surface area contributed by atoms with Crippen molar-refractivity contribution in [2.24, 2.45) is 57.6 Å². The number of amides is 3. The number of ether oxygens (including phenoxy) is 6. The Morgan fingerprint density at radius 2 is 1.29 bits per heavy atom. The van der Waals surface area contributed by atoms with Gasteiger partial charge in [0.2, 0.25) is 5.91 Å². The summed E-state index contributed by atoms with van der Waals surface area (Å²) in [6, 6.07) is -0.000178. The molecule has 0 saturated heterocycles. The summed E-state index contributed by atoms with van der Waals surface area (Å²) < 4.78 is 37.2. The van der Waals surface area contributed by atoms with Crippen LogP contribution in [0.2, 0.25) is 0 Å². The van der Waals surface area contributed by atoms with Gasteiger partial charge in [0.1, 0.15) is 0 Å². The van der Waals surface area contributed by atoms with Crippen molar-refractivity contribution in [2.75, 3.05) is 105 Å². The van der Waals surface area contributed by atoms with E-state index < -0.39 is 0 Å². The summed E-state index contributed by atoms with van der Waals surface area (Å²) in [5.74, 6) is 2.26. The van der Waals surface area contributed by atoms with Crippen molar-refractivity contribution in [1.82, 2.24) is 15.5 Å². The highest BCUT2D eigenvalue weighted by molar-refractivity contribution is 5.86. The third kappa shape index (κ3) is 20.3. The van der Waals surface area contributed by atoms with Gasteiger partial charge in [-0.2, -0.15) is 0 Å². The lowest BCUT2D eigenvalue weighted by molar-refractivity contribution is -0.191. The number of nitrogens with one attached hydrogen (secondary N) is 2. The van der Waals surface area contributed by atoms with Crippen LogP contribution in [0.4, 0.5) is 4.79 Å². The molecule has 0 bridgehead atoms. The smallest absolute Gasteiger partial charge is 0.317 e. The van der Waals surface area contributed by atoms with Gasteiger partial charge in [-0.15, -0.1) is 0 Å². The molecule has 1 unspecified atom stereocenters. The highest BCUT2D eigenvalue weighted by atomic mass is 16.5. The number of carbonyl (C=O) groups excluding carboxylic acids is 2. The minimum Gasteiger partial charge on any atom is -0.378 e. The van der Waals surface area contributed by atoms with Gasteiger partial charge in [-0.05, 0) is 151 Å². The standard InChI is InChI=1S/C54H104N6O8/c1-7-10-11-12-13-14-31-60(52(62)59-30-37-64-39-41-65-40-38-63-36-29-58-50(61)9-3)32-15-19-43(4)45-20-21-46-51(48(8-2)67-34-17-27-56)47(42-49(54(45,46)6)68-35-18-28-57)53(5)24-22-44(23-25-53)66-33-16-26-55/h9,43-49,51H,3,7-8,10-42,55-57H2,1-2,4-6H3,(H,58,61)(H,59,62)/t43-,44-,45-,46+,47+,48-,49+,51?,53+,54-/m1/s1. The number of nitrogens with two attached hydrogens (primary N) is 3. The van der Waals surface area contributed by atoms with E-state index >= 15 is 0 Å². The van der Waals surface area contributed by atoms with Crippen LogP contribution in [-0.2, 0) is 33.2 Å². The van der Waals surface area contributed by atoms with Crippen molar-refractivity contribution in [3.05, 3.63) is 12.7 Å². The zero-order chi connectivity index (χ0) is 49.5. The fourth-order valence-electron chi connectivity index (χ4n) is 12.3. The lowest BCUT2D eigenvalue weighted by Gasteiger charge is -2.60. The number of nitrogens with zero attached hydrogens (tertiary/aromatic N) is 1. The molecule has 3 saturated carbocycles. The van der Waals surface area contributed by atoms with Gasteiger partial charge in [-0.3, -0.25) is 4.79 Å². The molecular weight excluding hydrogens is 861 g/mol. The number of hydrogen-bond acceptors (Lipinski definition) is 11. The first kappa shape index (κ1) is 60.4. The zero-order valence-corrected chi connectivity index (χ0v) is 44.1. The van der Waals surface area contributed by atoms with E-state index in [9.17, 15) is 9.59 Å². The maximum Gasteiger partial charge on any atom is 0.317 e. The zero-order valence-electron chi connectivity index (χ0n) is 44.1. The molecule has 68 heavy (non-hydrogen) atoms. The Morgan fingerprint density at radius 3 is 1.93 bits per heavy atom. The second-order valence-electron chi connectivity index (χ2n) is 20.8. The molecule has 0 aromatic rings. The minimum absolute atomic E-state index is 0.000178. The third-order valence-electron chi connectivity index (χ3n) is 16.2. The molecule has 0 spiro atoms. The first-order valence-electron chi connectivity index (χ1n) is 27.7. The highest BCUT2D eigenvalue weighted by Crippen LogP contribution is 2.66. The van der Waals surface area contributed by atoms with Crippen LogP contribution in [0.15, 0.2) is 12.7 Å². The predicted octanol–water partition coefficient (Wildman–Crippen LogP) is 7.99. The summed E-state index contributed by atoms with van der Waals surface area (Å²) in [5.41, 5.74) is 18.1. The number of hydrogen-bond donors (Lipinski definition) is 5. The van der Waals surface area contributed by atoms with E-state index in [2.05, 4.69) is 56.7 Å². The van der Waals surface area contributed by atoms with Crippen LogP contribution in [0.5, 0.6) is 0 Å². The number of unbranched alkanes of at least 4 members (excludes halogenated alkanes) is 5. The van der Waals surface area contributed by atoms with Gasteiger partial charge in [0.05, 0.1) is 58.0 Å². The van der Waals surface area contributed by atoms with Gasteiger partial charge in [-0.1, -0.05) is 73.3 Å². The molecule has 3 aliphatic rings. The minimum atomic E-state index is -0.211. The Balaban J connectivity index is 1.66. The maximum absolute atomic E-state index is 13.7. The monoisotopic (exact) mass is 965 g/mol. The second kappa shape index (κ2) is 35.3. The van der Waals surface area contributed by atoms with Gasteiger partial charge in [0.15, 0.2) is 0 Å². The quantitative estimate of drug-likeness (QED) is 0.0295. The van der Waals surface area contributed by atoms with Crippen LogP contribution in [0.3, 0.4) is 0 Å². The number of carbonyl (C=O) groups is 2. The third-order valence-corrected chi connectivity index (χ3v) is 16.2. The first-order chi connectivity index (χ1) is 33.0. The van der Waals surface area contributed by atoms with Crippen molar-refractivity contribution in [3.8, 4) is 0 Å². The topological polar surface area (TPSA) is 195 Å². The van der Waals surface area contributed by atoms with Crippen LogP contribution < -0.4 is 27.8 Å². The Bertz CT molecular complexity index is 1320. The maximum atomic E-state index is 13.7. The number of fused-ring (bicyclic) bond motifs is 1. The van der Waals surface area contributed by atoms with E-state index in [0.29, 0.717) is 115 Å². The van der Waals surface area contributed by atoms with E-state index in [1.807, 2.05) is 0 Å². The first-order valence-corrected chi connectivity index (χ1v) is 27.7. The molecule has 398 valence electrons. The van der Waals surface area contributed by atoms with Crippen molar-refractivity contribution in [3.63, 3.8) is 0 Å². The second-order valence-corrected chi connectivity index (χ2v) is 20.8. The molecular formula is C54H104N6O8. The van der Waals surface area contributed by atoms with E-state index in [-0.39, 0.29) is 35.0 Å². The highest BCUT2D eigenvalue weighted by Gasteiger charge is 2.63. The van der Waals surface area contributed by atoms with E-state index in [1.165, 1.54) is 57.4 Å². The molecule has 3 aliphatic carbocycles. The van der Waals surface area contributed by atoms with Crippen molar-refractivity contribution in [1.29, 1.82) is 0 Å². The number of urea groups is 1. The molecule has 14 heteroatoms. The molecule has 3 rings (SSSR count). The molecule has 0 heterocycles. The fourth-order valence-corrected chi connectivity index (χ4v) is 12.3. The molecule has 14 nitrogen and oxygen atoms in total. The summed E-state index contributed by atoms with van der Waals surface area (Å²) in [5, 5.41) is 5.82. The number of rotatable bonds is 40. The van der Waals surface area contributed by atoms with Crippen LogP contribution in [0.25, 0.3) is 0 Å². The van der Waals surface area contributed by atoms with Crippen LogP contribution >= 0.6 is 0 Å². The van der Waals surface area contributed by atoms with Gasteiger partial charge >= 0.3 is 6.03 Å². The molecule has 0 radical (unpaired) electrons. The lowest BCUT2D eigenvalue weighted by Crippen LogP contribution is -2.59. The van der Waals surface area contributed by atoms with Gasteiger partial charge < -0.3 is 61.2 Å². The molecule has 8 N–H and O–H groups in total. The molecule has 0 aromatic carbocycles. The summed E-state index contributed by atoms with van der Waals surface area (Å²) in [6.45, 7) is 24.8. The fraction of sp³-hybridized carbons (Fsp3) is 0.926. The average molecular weight is 965 g/mol. The Hall–Kier alpha value is -1.88. The average Bonchev–Trinajstić information content (AvgIpc) is 3.70. The van der Waals surface area contributed by atoms with Crippen LogP contribution in [0, 0.1) is 40.4 Å². The molecule has 3 amide bonds. The van der Waals surface area contributed by atoms with Gasteiger partial charge in [0.25, 0.3) is 0 Å². The van der Waals surface area contributed by atoms with Gasteiger partial charge in [0, 0.05) is 51.4 Å². The van der Waals surface area contributed by atoms with E-state index in [0.717, 1.165) is 96.9 Å². The summed E-state index contributed by atoms with van der Waals surface area (Å²) in [4.78, 5) is 27.0. The van der Waals surface area contributed by atoms with Crippen molar-refractivity contribution in [2.45, 2.75) is 175 Å². The van der Waals surface area contributed by atoms with Crippen molar-refractivity contribution < 1.29 is 38.0 Å². The predicted molar refractivity (Wildman–Crippen MR) is 275 cm³/mol.